The largest absolute Gasteiger partial charge is 0.256 e. The second kappa shape index (κ2) is 23.0. The van der Waals surface area contributed by atoms with Crippen LogP contribution < -0.4 is 4.57 Å². The summed E-state index contributed by atoms with van der Waals surface area (Å²) in [5.41, 5.74) is 0. The van der Waals surface area contributed by atoms with E-state index in [1.807, 2.05) is 0 Å². The molecule has 0 aromatic carbocycles. The van der Waals surface area contributed by atoms with Crippen LogP contribution >= 0.6 is 0 Å². The maximum atomic E-state index is 2.59. The summed E-state index contributed by atoms with van der Waals surface area (Å²) in [6.45, 7) is 9.36. The zero-order valence-electron chi connectivity index (χ0n) is 23.2. The minimum absolute atomic E-state index is 1.21. The molecule has 0 radical (unpaired) electrons. The van der Waals surface area contributed by atoms with Gasteiger partial charge in [0.1, 0.15) is 12.4 Å². The first-order valence-electron chi connectivity index (χ1n) is 15.4. The maximum absolute atomic E-state index is 2.59. The molecule has 0 aliphatic rings. The van der Waals surface area contributed by atoms with Crippen LogP contribution in [0.3, 0.4) is 0 Å². The van der Waals surface area contributed by atoms with Crippen molar-refractivity contribution in [3.05, 3.63) is 18.2 Å². The van der Waals surface area contributed by atoms with Gasteiger partial charge in [-0.15, -0.1) is 0 Å². The smallest absolute Gasteiger partial charge is 0.234 e. The Bertz CT molecular complexity index is 519. The van der Waals surface area contributed by atoms with Crippen molar-refractivity contribution in [2.75, 3.05) is 0 Å². The molecule has 1 heterocycles. The molecule has 0 saturated heterocycles. The molecule has 33 heavy (non-hydrogen) atoms. The van der Waals surface area contributed by atoms with Crippen molar-refractivity contribution in [3.8, 4) is 0 Å². The SMILES string of the molecule is CCCCCCCCCCCCCCc1n(CCCCCCCCC)cc[n+]1CCCCC. The third-order valence-electron chi connectivity index (χ3n) is 7.35. The van der Waals surface area contributed by atoms with E-state index < -0.39 is 0 Å². The van der Waals surface area contributed by atoms with E-state index in [1.54, 1.807) is 5.82 Å². The van der Waals surface area contributed by atoms with Crippen LogP contribution in [0.1, 0.15) is 168 Å². The second-order valence-corrected chi connectivity index (χ2v) is 10.6. The van der Waals surface area contributed by atoms with Crippen LogP contribution in [0.25, 0.3) is 0 Å². The fourth-order valence-electron chi connectivity index (χ4n) is 5.09. The van der Waals surface area contributed by atoms with Crippen molar-refractivity contribution < 1.29 is 4.57 Å². The average Bonchev–Trinajstić information content (AvgIpc) is 3.20. The highest BCUT2D eigenvalue weighted by molar-refractivity contribution is 4.84. The molecular formula is C31H61N2+. The van der Waals surface area contributed by atoms with Gasteiger partial charge in [0.2, 0.25) is 0 Å². The van der Waals surface area contributed by atoms with Crippen molar-refractivity contribution in [1.29, 1.82) is 0 Å². The molecule has 0 spiro atoms. The molecular weight excluding hydrogens is 400 g/mol. The molecule has 0 bridgehead atoms. The number of aromatic nitrogens is 2. The molecule has 0 aliphatic heterocycles. The zero-order valence-corrected chi connectivity index (χ0v) is 23.2. The first-order chi connectivity index (χ1) is 16.3. The number of aryl methyl sites for hydroxylation is 2. The quantitative estimate of drug-likeness (QED) is 0.101. The normalized spacial score (nSPS) is 11.5. The minimum atomic E-state index is 1.21. The molecule has 194 valence electrons. The van der Waals surface area contributed by atoms with Crippen molar-refractivity contribution in [2.45, 2.75) is 182 Å². The Morgan fingerprint density at radius 2 is 0.939 bits per heavy atom. The van der Waals surface area contributed by atoms with Gasteiger partial charge in [-0.25, -0.2) is 9.13 Å². The lowest BCUT2D eigenvalue weighted by molar-refractivity contribution is -0.704. The Hall–Kier alpha value is -0.790. The zero-order chi connectivity index (χ0) is 23.8. The Balaban J connectivity index is 2.24. The Morgan fingerprint density at radius 3 is 1.45 bits per heavy atom. The van der Waals surface area contributed by atoms with Gasteiger partial charge in [-0.1, -0.05) is 130 Å². The fraction of sp³-hybridized carbons (Fsp3) is 0.903. The summed E-state index contributed by atoms with van der Waals surface area (Å²) in [6.07, 6.45) is 37.0. The van der Waals surface area contributed by atoms with Crippen LogP contribution in [0.2, 0.25) is 0 Å². The van der Waals surface area contributed by atoms with Crippen LogP contribution in [0.5, 0.6) is 0 Å². The third kappa shape index (κ3) is 16.5. The van der Waals surface area contributed by atoms with Crippen molar-refractivity contribution in [1.82, 2.24) is 4.57 Å². The summed E-state index contributed by atoms with van der Waals surface area (Å²) in [4.78, 5) is 0. The molecule has 0 aliphatic carbocycles. The van der Waals surface area contributed by atoms with Crippen molar-refractivity contribution >= 4 is 0 Å². The van der Waals surface area contributed by atoms with Crippen LogP contribution in [-0.4, -0.2) is 4.57 Å². The van der Waals surface area contributed by atoms with E-state index in [2.05, 4.69) is 42.3 Å². The van der Waals surface area contributed by atoms with Crippen molar-refractivity contribution in [3.63, 3.8) is 0 Å². The number of unbranched alkanes of at least 4 members (excludes halogenated alkanes) is 19. The van der Waals surface area contributed by atoms with E-state index >= 15 is 0 Å². The monoisotopic (exact) mass is 461 g/mol. The van der Waals surface area contributed by atoms with Crippen LogP contribution in [0.15, 0.2) is 12.4 Å². The van der Waals surface area contributed by atoms with E-state index in [0.29, 0.717) is 0 Å². The summed E-state index contributed by atoms with van der Waals surface area (Å²) in [6, 6.07) is 0. The van der Waals surface area contributed by atoms with Crippen molar-refractivity contribution in [2.24, 2.45) is 0 Å². The highest BCUT2D eigenvalue weighted by atomic mass is 15.1. The molecule has 0 unspecified atom stereocenters. The number of imidazole rings is 1. The lowest BCUT2D eigenvalue weighted by Gasteiger charge is -2.07. The van der Waals surface area contributed by atoms with E-state index in [9.17, 15) is 0 Å². The highest BCUT2D eigenvalue weighted by Crippen LogP contribution is 2.14. The van der Waals surface area contributed by atoms with Gasteiger partial charge in [0.25, 0.3) is 5.82 Å². The number of hydrogen-bond acceptors (Lipinski definition) is 0. The molecule has 0 atom stereocenters. The Kier molecular flexibility index (Phi) is 21.1. The van der Waals surface area contributed by atoms with Gasteiger partial charge >= 0.3 is 0 Å². The second-order valence-electron chi connectivity index (χ2n) is 10.6. The average molecular weight is 462 g/mol. The van der Waals surface area contributed by atoms with E-state index in [0.717, 1.165) is 0 Å². The number of hydrogen-bond donors (Lipinski definition) is 0. The predicted octanol–water partition coefficient (Wildman–Crippen LogP) is 9.96. The maximum Gasteiger partial charge on any atom is 0.256 e. The fourth-order valence-corrected chi connectivity index (χ4v) is 5.09. The summed E-state index contributed by atoms with van der Waals surface area (Å²) in [7, 11) is 0. The molecule has 2 nitrogen and oxygen atoms in total. The van der Waals surface area contributed by atoms with Gasteiger partial charge in [0.15, 0.2) is 0 Å². The molecule has 1 rings (SSSR count). The lowest BCUT2D eigenvalue weighted by Crippen LogP contribution is -2.37. The predicted molar refractivity (Wildman–Crippen MR) is 147 cm³/mol. The highest BCUT2D eigenvalue weighted by Gasteiger charge is 2.16. The minimum Gasteiger partial charge on any atom is -0.234 e. The number of rotatable bonds is 25. The summed E-state index contributed by atoms with van der Waals surface area (Å²) < 4.78 is 5.17. The molecule has 2 heteroatoms. The summed E-state index contributed by atoms with van der Waals surface area (Å²) in [5.74, 6) is 1.60. The van der Waals surface area contributed by atoms with E-state index in [4.69, 9.17) is 0 Å². The lowest BCUT2D eigenvalue weighted by atomic mass is 10.0. The standard InChI is InChI=1S/C31H61N2/c1-4-7-10-12-14-15-16-17-18-19-21-23-26-31-32(27-24-9-6-3)29-30-33(31)28-25-22-20-13-11-8-5-2/h29-30H,4-28H2,1-3H3/q+1. The molecule has 0 fully saturated rings. The van der Waals surface area contributed by atoms with E-state index in [-0.39, 0.29) is 0 Å². The van der Waals surface area contributed by atoms with Gasteiger partial charge in [0, 0.05) is 6.42 Å². The molecule has 0 amide bonds. The molecule has 1 aromatic heterocycles. The van der Waals surface area contributed by atoms with Gasteiger partial charge in [-0.2, -0.15) is 0 Å². The number of nitrogens with zero attached hydrogens (tertiary/aromatic N) is 2. The first kappa shape index (κ1) is 30.2. The van der Waals surface area contributed by atoms with E-state index in [1.165, 1.54) is 161 Å². The van der Waals surface area contributed by atoms with Gasteiger partial charge < -0.3 is 0 Å². The molecule has 1 aromatic rings. The Morgan fingerprint density at radius 1 is 0.515 bits per heavy atom. The molecule has 0 saturated carbocycles. The van der Waals surface area contributed by atoms with Gasteiger partial charge in [-0.3, -0.25) is 0 Å². The topological polar surface area (TPSA) is 8.81 Å². The van der Waals surface area contributed by atoms with Crippen LogP contribution in [0.4, 0.5) is 0 Å². The summed E-state index contributed by atoms with van der Waals surface area (Å²) >= 11 is 0. The van der Waals surface area contributed by atoms with Gasteiger partial charge in [0.05, 0.1) is 13.1 Å². The van der Waals surface area contributed by atoms with Crippen LogP contribution in [0, 0.1) is 0 Å². The van der Waals surface area contributed by atoms with Crippen LogP contribution in [-0.2, 0) is 19.5 Å². The van der Waals surface area contributed by atoms with Gasteiger partial charge in [-0.05, 0) is 32.1 Å². The summed E-state index contributed by atoms with van der Waals surface area (Å²) in [5, 5.41) is 0. The Labute approximate surface area is 208 Å². The molecule has 0 N–H and O–H groups in total. The first-order valence-corrected chi connectivity index (χ1v) is 15.4. The third-order valence-corrected chi connectivity index (χ3v) is 7.35.